The van der Waals surface area contributed by atoms with Crippen LogP contribution in [0.5, 0.6) is 5.75 Å². The smallest absolute Gasteiger partial charge is 0.313 e. The van der Waals surface area contributed by atoms with E-state index in [1.54, 1.807) is 42.5 Å². The molecule has 2 aromatic rings. The van der Waals surface area contributed by atoms with E-state index in [0.717, 1.165) is 5.56 Å². The molecule has 1 heterocycles. The van der Waals surface area contributed by atoms with Crippen molar-refractivity contribution in [3.8, 4) is 5.75 Å². The number of nitrogens with one attached hydrogen (secondary N) is 2. The van der Waals surface area contributed by atoms with Crippen molar-refractivity contribution < 1.29 is 23.9 Å². The molecule has 0 bridgehead atoms. The number of benzene rings is 2. The summed E-state index contributed by atoms with van der Waals surface area (Å²) in [5.74, 6) is -0.941. The molecule has 152 valence electrons. The molecule has 0 saturated carbocycles. The van der Waals surface area contributed by atoms with E-state index in [4.69, 9.17) is 21.1 Å². The number of carbonyl (C=O) groups is 3. The number of carbonyl (C=O) groups excluding carboxylic acids is 3. The molecule has 0 aromatic heterocycles. The van der Waals surface area contributed by atoms with Gasteiger partial charge in [-0.25, -0.2) is 0 Å². The Labute approximate surface area is 173 Å². The van der Waals surface area contributed by atoms with Crippen molar-refractivity contribution >= 4 is 40.8 Å². The van der Waals surface area contributed by atoms with Crippen molar-refractivity contribution in [3.63, 3.8) is 0 Å². The highest BCUT2D eigenvalue weighted by Crippen LogP contribution is 2.30. The summed E-state index contributed by atoms with van der Waals surface area (Å²) >= 11 is 6.00. The highest BCUT2D eigenvalue weighted by atomic mass is 35.5. The molecule has 3 rings (SSSR count). The van der Waals surface area contributed by atoms with Crippen molar-refractivity contribution in [1.82, 2.24) is 0 Å². The van der Waals surface area contributed by atoms with E-state index in [-0.39, 0.29) is 12.5 Å². The first-order chi connectivity index (χ1) is 13.8. The Morgan fingerprint density at radius 1 is 1.10 bits per heavy atom. The van der Waals surface area contributed by atoms with Crippen LogP contribution < -0.4 is 15.4 Å². The minimum absolute atomic E-state index is 0.182. The minimum atomic E-state index is -0.974. The maximum atomic E-state index is 12.5. The molecule has 1 aliphatic heterocycles. The molecule has 0 aliphatic carbocycles. The summed E-state index contributed by atoms with van der Waals surface area (Å²) < 4.78 is 10.9. The summed E-state index contributed by atoms with van der Waals surface area (Å²) in [5.41, 5.74) is 1.98. The maximum Gasteiger partial charge on any atom is 0.313 e. The summed E-state index contributed by atoms with van der Waals surface area (Å²) in [6, 6.07) is 11.9. The Morgan fingerprint density at radius 2 is 1.76 bits per heavy atom. The third-order valence-corrected chi connectivity index (χ3v) is 4.63. The molecular formula is C21H21ClN2O5. The molecular weight excluding hydrogens is 396 g/mol. The fourth-order valence-electron chi connectivity index (χ4n) is 2.92. The van der Waals surface area contributed by atoms with Gasteiger partial charge in [-0.3, -0.25) is 14.4 Å². The van der Waals surface area contributed by atoms with Crippen LogP contribution in [0.4, 0.5) is 11.4 Å². The fraction of sp³-hybridized carbons (Fsp3) is 0.286. The Morgan fingerprint density at radius 3 is 2.41 bits per heavy atom. The van der Waals surface area contributed by atoms with Crippen molar-refractivity contribution in [1.29, 1.82) is 0 Å². The molecule has 0 saturated heterocycles. The van der Waals surface area contributed by atoms with E-state index >= 15 is 0 Å². The first kappa shape index (κ1) is 20.7. The number of hydrogen-bond acceptors (Lipinski definition) is 5. The average molecular weight is 417 g/mol. The van der Waals surface area contributed by atoms with E-state index in [1.165, 1.54) is 13.8 Å². The second-order valence-electron chi connectivity index (χ2n) is 6.79. The standard InChI is InChI=1S/C21H21ClN2O5/c1-12(20(26)24-18-6-4-17(5-7-18)23-13(2)25)29-21(27)15-9-14-10-16(22)3-8-19(14)28-11-15/h3-8,10,12,15H,9,11H2,1-2H3,(H,23,25)(H,24,26)/t12-,15-/m0/s1. The van der Waals surface area contributed by atoms with Crippen LogP contribution in [0.2, 0.25) is 5.02 Å². The number of amides is 2. The number of rotatable bonds is 5. The summed E-state index contributed by atoms with van der Waals surface area (Å²) in [6.45, 7) is 3.11. The Kier molecular flexibility index (Phi) is 6.39. The van der Waals surface area contributed by atoms with E-state index in [9.17, 15) is 14.4 Å². The van der Waals surface area contributed by atoms with Crippen LogP contribution >= 0.6 is 11.6 Å². The molecule has 29 heavy (non-hydrogen) atoms. The summed E-state index contributed by atoms with van der Waals surface area (Å²) in [4.78, 5) is 35.8. The molecule has 2 aromatic carbocycles. The molecule has 2 N–H and O–H groups in total. The minimum Gasteiger partial charge on any atom is -0.492 e. The van der Waals surface area contributed by atoms with Gasteiger partial charge in [0.15, 0.2) is 6.10 Å². The van der Waals surface area contributed by atoms with Gasteiger partial charge in [0.05, 0.1) is 5.92 Å². The molecule has 0 fully saturated rings. The molecule has 0 unspecified atom stereocenters. The Bertz CT molecular complexity index is 929. The zero-order chi connectivity index (χ0) is 21.0. The van der Waals surface area contributed by atoms with Crippen molar-refractivity contribution in [2.45, 2.75) is 26.4 Å². The van der Waals surface area contributed by atoms with Gasteiger partial charge in [0.1, 0.15) is 12.4 Å². The Balaban J connectivity index is 1.54. The third kappa shape index (κ3) is 5.48. The van der Waals surface area contributed by atoms with E-state index < -0.39 is 23.9 Å². The van der Waals surface area contributed by atoms with Gasteiger partial charge < -0.3 is 20.1 Å². The highest BCUT2D eigenvalue weighted by Gasteiger charge is 2.30. The third-order valence-electron chi connectivity index (χ3n) is 4.40. The van der Waals surface area contributed by atoms with Crippen LogP contribution in [-0.4, -0.2) is 30.5 Å². The largest absolute Gasteiger partial charge is 0.492 e. The van der Waals surface area contributed by atoms with Gasteiger partial charge >= 0.3 is 5.97 Å². The lowest BCUT2D eigenvalue weighted by Gasteiger charge is -2.25. The molecule has 2 amide bonds. The summed E-state index contributed by atoms with van der Waals surface area (Å²) in [7, 11) is 0. The van der Waals surface area contributed by atoms with Gasteiger partial charge in [-0.15, -0.1) is 0 Å². The van der Waals surface area contributed by atoms with Crippen LogP contribution in [0.25, 0.3) is 0 Å². The lowest BCUT2D eigenvalue weighted by Crippen LogP contribution is -2.36. The van der Waals surface area contributed by atoms with Gasteiger partial charge in [0.25, 0.3) is 5.91 Å². The van der Waals surface area contributed by atoms with Gasteiger partial charge in [-0.2, -0.15) is 0 Å². The molecule has 0 radical (unpaired) electrons. The first-order valence-electron chi connectivity index (χ1n) is 9.12. The highest BCUT2D eigenvalue weighted by molar-refractivity contribution is 6.30. The van der Waals surface area contributed by atoms with Crippen LogP contribution in [-0.2, 0) is 25.5 Å². The van der Waals surface area contributed by atoms with Gasteiger partial charge in [-0.1, -0.05) is 11.6 Å². The number of anilines is 2. The van der Waals surface area contributed by atoms with Crippen molar-refractivity contribution in [3.05, 3.63) is 53.1 Å². The van der Waals surface area contributed by atoms with Gasteiger partial charge in [-0.05, 0) is 61.4 Å². The second-order valence-corrected chi connectivity index (χ2v) is 7.23. The second kappa shape index (κ2) is 8.96. The number of esters is 1. The number of ether oxygens (including phenoxy) is 2. The van der Waals surface area contributed by atoms with Crippen molar-refractivity contribution in [2.24, 2.45) is 5.92 Å². The predicted molar refractivity (Wildman–Crippen MR) is 109 cm³/mol. The van der Waals surface area contributed by atoms with Gasteiger partial charge in [0.2, 0.25) is 5.91 Å². The molecule has 2 atom stereocenters. The quantitative estimate of drug-likeness (QED) is 0.728. The maximum absolute atomic E-state index is 12.5. The lowest BCUT2D eigenvalue weighted by atomic mass is 9.97. The van der Waals surface area contributed by atoms with E-state index in [2.05, 4.69) is 10.6 Å². The average Bonchev–Trinajstić information content (AvgIpc) is 2.68. The van der Waals surface area contributed by atoms with Gasteiger partial charge in [0, 0.05) is 23.3 Å². The Hall–Kier alpha value is -3.06. The lowest BCUT2D eigenvalue weighted by molar-refractivity contribution is -0.158. The molecule has 0 spiro atoms. The predicted octanol–water partition coefficient (Wildman–Crippen LogP) is 3.42. The van der Waals surface area contributed by atoms with E-state index in [1.807, 2.05) is 0 Å². The monoisotopic (exact) mass is 416 g/mol. The molecule has 7 nitrogen and oxygen atoms in total. The molecule has 8 heteroatoms. The fourth-order valence-corrected chi connectivity index (χ4v) is 3.12. The van der Waals surface area contributed by atoms with Crippen molar-refractivity contribution in [2.75, 3.05) is 17.2 Å². The summed E-state index contributed by atoms with van der Waals surface area (Å²) in [5, 5.41) is 5.88. The van der Waals surface area contributed by atoms with Crippen LogP contribution in [0.15, 0.2) is 42.5 Å². The number of fused-ring (bicyclic) bond motifs is 1. The topological polar surface area (TPSA) is 93.7 Å². The van der Waals surface area contributed by atoms with Crippen LogP contribution in [0, 0.1) is 5.92 Å². The summed E-state index contributed by atoms with van der Waals surface area (Å²) in [6.07, 6.45) is -0.536. The van der Waals surface area contributed by atoms with E-state index in [0.29, 0.717) is 28.6 Å². The normalized spacial score (nSPS) is 16.0. The number of halogens is 1. The molecule has 1 aliphatic rings. The first-order valence-corrected chi connectivity index (χ1v) is 9.50. The zero-order valence-electron chi connectivity index (χ0n) is 16.0. The van der Waals surface area contributed by atoms with Crippen LogP contribution in [0.3, 0.4) is 0 Å². The zero-order valence-corrected chi connectivity index (χ0v) is 16.8. The van der Waals surface area contributed by atoms with Crippen LogP contribution in [0.1, 0.15) is 19.4 Å². The number of hydrogen-bond donors (Lipinski definition) is 2. The SMILES string of the molecule is CC(=O)Nc1ccc(NC(=O)[C@H](C)OC(=O)[C@@H]2COc3ccc(Cl)cc3C2)cc1.